The van der Waals surface area contributed by atoms with Crippen LogP contribution in [-0.4, -0.2) is 89.3 Å². The number of nitrogens with one attached hydrogen (secondary N) is 1. The molecule has 0 aliphatic heterocycles. The van der Waals surface area contributed by atoms with Gasteiger partial charge in [-0.25, -0.2) is 14.8 Å². The van der Waals surface area contributed by atoms with Crippen molar-refractivity contribution < 1.29 is 14.6 Å². The molecular formula is C19H19BrKN5O3. The molecule has 0 saturated heterocycles. The fraction of sp³-hybridized carbons (Fsp3) is 0.263. The molecule has 0 amide bonds. The van der Waals surface area contributed by atoms with E-state index in [9.17, 15) is 9.90 Å². The van der Waals surface area contributed by atoms with Crippen LogP contribution in [0.1, 0.15) is 28.0 Å². The molecule has 0 saturated carbocycles. The number of rotatable bonds is 4. The van der Waals surface area contributed by atoms with Gasteiger partial charge in [-0.05, 0) is 43.0 Å². The summed E-state index contributed by atoms with van der Waals surface area (Å²) in [5, 5.41) is 17.2. The summed E-state index contributed by atoms with van der Waals surface area (Å²) < 4.78 is 7.72. The molecule has 0 atom stereocenters. The van der Waals surface area contributed by atoms with Gasteiger partial charge in [0.1, 0.15) is 17.1 Å². The van der Waals surface area contributed by atoms with E-state index in [2.05, 4.69) is 36.3 Å². The van der Waals surface area contributed by atoms with E-state index < -0.39 is 5.97 Å². The van der Waals surface area contributed by atoms with E-state index in [4.69, 9.17) is 4.74 Å². The third-order valence-electron chi connectivity index (χ3n) is 4.72. The van der Waals surface area contributed by atoms with Crippen LogP contribution < -0.4 is 10.1 Å². The van der Waals surface area contributed by atoms with E-state index >= 15 is 0 Å². The molecule has 2 N–H and O–H groups in total. The van der Waals surface area contributed by atoms with Gasteiger partial charge in [-0.2, -0.15) is 5.10 Å². The Hall–Kier alpha value is -1.30. The second kappa shape index (κ2) is 9.23. The zero-order chi connectivity index (χ0) is 19.8. The molecule has 1 aliphatic rings. The van der Waals surface area contributed by atoms with Crippen LogP contribution >= 0.6 is 15.9 Å². The number of aromatic carboxylic acids is 1. The Labute approximate surface area is 218 Å². The van der Waals surface area contributed by atoms with Gasteiger partial charge in [-0.1, -0.05) is 15.9 Å². The van der Waals surface area contributed by atoms with Crippen LogP contribution in [0.2, 0.25) is 0 Å². The molecule has 1 aromatic carbocycles. The molecular weight excluding hydrogens is 465 g/mol. The average Bonchev–Trinajstić information content (AvgIpc) is 2.90. The minimum absolute atomic E-state index is 0. The molecule has 0 fully saturated rings. The van der Waals surface area contributed by atoms with Gasteiger partial charge >= 0.3 is 57.4 Å². The number of halogens is 1. The summed E-state index contributed by atoms with van der Waals surface area (Å²) in [4.78, 5) is 20.7. The summed E-state index contributed by atoms with van der Waals surface area (Å²) in [6.45, 7) is 0. The number of carboxylic acid groups (broad SMARTS) is 1. The Kier molecular flexibility index (Phi) is 7.13. The number of carboxylic acids is 1. The first-order valence-electron chi connectivity index (χ1n) is 8.74. The number of aryl methyl sites for hydroxylation is 2. The number of hydrogen-bond donors (Lipinski definition) is 2. The number of nitrogens with zero attached hydrogens (tertiary/aromatic N) is 4. The minimum atomic E-state index is -0.980. The van der Waals surface area contributed by atoms with Crippen molar-refractivity contribution in [3.63, 3.8) is 0 Å². The van der Waals surface area contributed by atoms with Crippen LogP contribution in [-0.2, 0) is 19.9 Å². The fourth-order valence-corrected chi connectivity index (χ4v) is 3.80. The first kappa shape index (κ1) is 22.4. The van der Waals surface area contributed by atoms with E-state index in [0.717, 1.165) is 34.1 Å². The summed E-state index contributed by atoms with van der Waals surface area (Å²) in [5.41, 5.74) is 3.91. The van der Waals surface area contributed by atoms with Crippen LogP contribution in [0.3, 0.4) is 0 Å². The summed E-state index contributed by atoms with van der Waals surface area (Å²) in [7, 11) is 3.24. The predicted octanol–water partition coefficient (Wildman–Crippen LogP) is 2.93. The fourth-order valence-electron chi connectivity index (χ4n) is 3.46. The van der Waals surface area contributed by atoms with E-state index in [1.54, 1.807) is 20.4 Å². The van der Waals surface area contributed by atoms with Crippen LogP contribution in [0, 0.1) is 0 Å². The van der Waals surface area contributed by atoms with E-state index in [-0.39, 0.29) is 57.1 Å². The van der Waals surface area contributed by atoms with E-state index in [1.807, 2.05) is 18.2 Å². The van der Waals surface area contributed by atoms with Gasteiger partial charge < -0.3 is 15.2 Å². The van der Waals surface area contributed by atoms with Crippen LogP contribution in [0.5, 0.6) is 5.75 Å². The maximum atomic E-state index is 11.7. The molecule has 0 spiro atoms. The number of benzene rings is 1. The molecule has 3 aromatic rings. The second-order valence-corrected chi connectivity index (χ2v) is 7.41. The third kappa shape index (κ3) is 4.42. The van der Waals surface area contributed by atoms with Gasteiger partial charge in [-0.3, -0.25) is 4.68 Å². The Morgan fingerprint density at radius 1 is 1.31 bits per heavy atom. The summed E-state index contributed by atoms with van der Waals surface area (Å²) in [6.07, 6.45) is 4.02. The molecule has 29 heavy (non-hydrogen) atoms. The van der Waals surface area contributed by atoms with Crippen molar-refractivity contribution in [2.24, 2.45) is 7.05 Å². The van der Waals surface area contributed by atoms with Crippen LogP contribution in [0.25, 0.3) is 11.4 Å². The predicted molar refractivity (Wildman–Crippen MR) is 114 cm³/mol. The zero-order valence-corrected chi connectivity index (χ0v) is 16.9. The molecule has 1 aliphatic carbocycles. The van der Waals surface area contributed by atoms with E-state index in [1.165, 1.54) is 4.68 Å². The van der Waals surface area contributed by atoms with Crippen molar-refractivity contribution in [1.82, 2.24) is 19.7 Å². The Balaban J connectivity index is 0.00000240. The summed E-state index contributed by atoms with van der Waals surface area (Å²) in [5.74, 6) is 0.0704. The Bertz CT molecular complexity index is 1090. The van der Waals surface area contributed by atoms with Crippen LogP contribution in [0.15, 0.2) is 28.9 Å². The molecule has 10 heteroatoms. The standard InChI is InChI=1S/C19H18BrN5O3.K.H/c1-25-17(18(26)27)12-5-3-4-10-9-21-19(23-15(10)16(12)24-25)22-13-7-6-11(20)8-14(13)28-2;;/h6-9H,3-5H2,1-2H3,(H,26,27)(H,21,22,23);;. The van der Waals surface area contributed by atoms with Crippen molar-refractivity contribution in [2.75, 3.05) is 12.4 Å². The van der Waals surface area contributed by atoms with E-state index in [0.29, 0.717) is 29.5 Å². The molecule has 8 nitrogen and oxygen atoms in total. The average molecular weight is 484 g/mol. The first-order valence-corrected chi connectivity index (χ1v) is 9.53. The van der Waals surface area contributed by atoms with Crippen molar-refractivity contribution >= 4 is 84.9 Å². The van der Waals surface area contributed by atoms with Gasteiger partial charge in [0.2, 0.25) is 5.95 Å². The Morgan fingerprint density at radius 3 is 2.83 bits per heavy atom. The molecule has 0 radical (unpaired) electrons. The quantitative estimate of drug-likeness (QED) is 0.549. The van der Waals surface area contributed by atoms with Crippen molar-refractivity contribution in [1.29, 1.82) is 0 Å². The van der Waals surface area contributed by atoms with Gasteiger partial charge in [-0.15, -0.1) is 0 Å². The molecule has 0 bridgehead atoms. The van der Waals surface area contributed by atoms with Gasteiger partial charge in [0.05, 0.1) is 18.5 Å². The second-order valence-electron chi connectivity index (χ2n) is 6.50. The number of carbonyl (C=O) groups is 1. The number of hydrogen-bond acceptors (Lipinski definition) is 6. The van der Waals surface area contributed by atoms with Gasteiger partial charge in [0.25, 0.3) is 0 Å². The van der Waals surface area contributed by atoms with Crippen molar-refractivity contribution in [3.05, 3.63) is 45.7 Å². The summed E-state index contributed by atoms with van der Waals surface area (Å²) >= 11 is 3.42. The normalized spacial score (nSPS) is 12.2. The number of aromatic nitrogens is 4. The topological polar surface area (TPSA) is 102 Å². The zero-order valence-electron chi connectivity index (χ0n) is 15.4. The molecule has 146 valence electrons. The SMILES string of the molecule is COc1cc(Br)ccc1Nc1ncc2c(n1)-c1nn(C)c(C(=O)O)c1CCC2.[KH]. The molecule has 2 aromatic heterocycles. The molecule has 2 heterocycles. The molecule has 0 unspecified atom stereocenters. The van der Waals surface area contributed by atoms with Gasteiger partial charge in [0, 0.05) is 23.3 Å². The number of fused-ring (bicyclic) bond motifs is 3. The molecule has 4 rings (SSSR count). The Morgan fingerprint density at radius 2 is 2.10 bits per heavy atom. The number of ether oxygens (including phenoxy) is 1. The monoisotopic (exact) mass is 483 g/mol. The number of anilines is 2. The maximum absolute atomic E-state index is 11.7. The summed E-state index contributed by atoms with van der Waals surface area (Å²) in [6, 6.07) is 5.61. The number of methoxy groups -OCH3 is 1. The van der Waals surface area contributed by atoms with Gasteiger partial charge in [0.15, 0.2) is 0 Å². The third-order valence-corrected chi connectivity index (χ3v) is 5.21. The van der Waals surface area contributed by atoms with Crippen molar-refractivity contribution in [3.8, 4) is 17.1 Å². The van der Waals surface area contributed by atoms with Crippen LogP contribution in [0.4, 0.5) is 11.6 Å². The van der Waals surface area contributed by atoms with Crippen molar-refractivity contribution in [2.45, 2.75) is 19.3 Å². The first-order chi connectivity index (χ1) is 13.5.